The number of nitrogens with one attached hydrogen (secondary N) is 2. The zero-order valence-electron chi connectivity index (χ0n) is 17.5. The number of benzene rings is 2. The Morgan fingerprint density at radius 1 is 0.938 bits per heavy atom. The monoisotopic (exact) mass is 429 g/mol. The summed E-state index contributed by atoms with van der Waals surface area (Å²) in [6.07, 6.45) is 0.887. The van der Waals surface area contributed by atoms with E-state index in [9.17, 15) is 4.79 Å². The number of aromatic nitrogens is 3. The van der Waals surface area contributed by atoms with Crippen molar-refractivity contribution in [1.29, 1.82) is 0 Å². The molecule has 0 unspecified atom stereocenters. The standard InChI is InChI=1S/C24H23N5O3/c30-24(20-12-16-4-1-2-5-18(16)25-20)29-9-3-8-28(10-11-29)23-14-19(26-27-23)17-6-7-21-22(13-17)32-15-31-21/h1-2,4-7,12-14,25H,3,8-11,15H2,(H,26,27). The van der Waals surface area contributed by atoms with E-state index < -0.39 is 0 Å². The lowest BCUT2D eigenvalue weighted by molar-refractivity contribution is 0.0762. The van der Waals surface area contributed by atoms with Crippen LogP contribution in [0.2, 0.25) is 0 Å². The van der Waals surface area contributed by atoms with Gasteiger partial charge in [-0.05, 0) is 36.8 Å². The van der Waals surface area contributed by atoms with E-state index in [0.29, 0.717) is 12.2 Å². The number of amides is 1. The fraction of sp³-hybridized carbons (Fsp3) is 0.250. The number of nitrogens with zero attached hydrogens (tertiary/aromatic N) is 3. The molecule has 1 fully saturated rings. The molecule has 0 bridgehead atoms. The molecule has 2 aliphatic rings. The van der Waals surface area contributed by atoms with Gasteiger partial charge < -0.3 is 24.3 Å². The molecule has 6 rings (SSSR count). The Morgan fingerprint density at radius 3 is 2.78 bits per heavy atom. The summed E-state index contributed by atoms with van der Waals surface area (Å²) in [5, 5.41) is 8.72. The van der Waals surface area contributed by atoms with Crippen molar-refractivity contribution in [2.24, 2.45) is 0 Å². The molecule has 0 atom stereocenters. The average Bonchev–Trinajstić information content (AvgIpc) is 3.54. The molecule has 1 saturated heterocycles. The molecular weight excluding hydrogens is 406 g/mol. The van der Waals surface area contributed by atoms with Gasteiger partial charge in [-0.1, -0.05) is 18.2 Å². The third-order valence-corrected chi connectivity index (χ3v) is 6.12. The van der Waals surface area contributed by atoms with Crippen LogP contribution in [0.15, 0.2) is 54.6 Å². The zero-order chi connectivity index (χ0) is 21.5. The Labute approximate surface area is 184 Å². The molecule has 2 aliphatic heterocycles. The maximum absolute atomic E-state index is 13.1. The molecule has 32 heavy (non-hydrogen) atoms. The van der Waals surface area contributed by atoms with E-state index in [0.717, 1.165) is 65.5 Å². The first-order valence-corrected chi connectivity index (χ1v) is 10.8. The summed E-state index contributed by atoms with van der Waals surface area (Å²) in [6, 6.07) is 17.8. The fourth-order valence-electron chi connectivity index (χ4n) is 4.39. The predicted octanol–water partition coefficient (Wildman–Crippen LogP) is 3.64. The van der Waals surface area contributed by atoms with Gasteiger partial charge in [0.05, 0.1) is 5.69 Å². The first-order chi connectivity index (χ1) is 15.7. The minimum atomic E-state index is 0.0473. The molecule has 0 aliphatic carbocycles. The van der Waals surface area contributed by atoms with Gasteiger partial charge >= 0.3 is 0 Å². The number of carbonyl (C=O) groups is 1. The smallest absolute Gasteiger partial charge is 0.270 e. The van der Waals surface area contributed by atoms with Crippen LogP contribution in [0.1, 0.15) is 16.9 Å². The minimum absolute atomic E-state index is 0.0473. The number of para-hydroxylation sites is 1. The second kappa shape index (κ2) is 7.64. The van der Waals surface area contributed by atoms with Crippen LogP contribution < -0.4 is 14.4 Å². The van der Waals surface area contributed by atoms with Crippen LogP contribution in [-0.2, 0) is 0 Å². The average molecular weight is 429 g/mol. The summed E-state index contributed by atoms with van der Waals surface area (Å²) in [5.74, 6) is 2.45. The van der Waals surface area contributed by atoms with Gasteiger partial charge in [-0.25, -0.2) is 0 Å². The lowest BCUT2D eigenvalue weighted by Crippen LogP contribution is -2.35. The van der Waals surface area contributed by atoms with Gasteiger partial charge in [-0.2, -0.15) is 5.10 Å². The lowest BCUT2D eigenvalue weighted by Gasteiger charge is -2.21. The van der Waals surface area contributed by atoms with Crippen molar-refractivity contribution in [1.82, 2.24) is 20.1 Å². The quantitative estimate of drug-likeness (QED) is 0.519. The molecule has 162 valence electrons. The van der Waals surface area contributed by atoms with Crippen LogP contribution in [0.25, 0.3) is 22.2 Å². The largest absolute Gasteiger partial charge is 0.454 e. The van der Waals surface area contributed by atoms with Crippen LogP contribution >= 0.6 is 0 Å². The number of fused-ring (bicyclic) bond motifs is 2. The summed E-state index contributed by atoms with van der Waals surface area (Å²) < 4.78 is 10.9. The maximum Gasteiger partial charge on any atom is 0.270 e. The number of ether oxygens (including phenoxy) is 2. The zero-order valence-corrected chi connectivity index (χ0v) is 17.5. The number of hydrogen-bond donors (Lipinski definition) is 2. The number of aromatic amines is 2. The van der Waals surface area contributed by atoms with E-state index in [2.05, 4.69) is 20.1 Å². The highest BCUT2D eigenvalue weighted by atomic mass is 16.7. The molecule has 0 saturated carbocycles. The third-order valence-electron chi connectivity index (χ3n) is 6.12. The van der Waals surface area contributed by atoms with Crippen LogP contribution in [0.5, 0.6) is 11.5 Å². The number of carbonyl (C=O) groups excluding carboxylic acids is 1. The molecule has 8 nitrogen and oxygen atoms in total. The van der Waals surface area contributed by atoms with Gasteiger partial charge in [0.1, 0.15) is 5.69 Å². The molecule has 4 aromatic rings. The van der Waals surface area contributed by atoms with Crippen LogP contribution in [0, 0.1) is 0 Å². The molecular formula is C24H23N5O3. The van der Waals surface area contributed by atoms with Crippen molar-refractivity contribution in [3.63, 3.8) is 0 Å². The number of anilines is 1. The summed E-state index contributed by atoms with van der Waals surface area (Å²) in [7, 11) is 0. The maximum atomic E-state index is 13.1. The van der Waals surface area contributed by atoms with Crippen LogP contribution in [-0.4, -0.2) is 59.0 Å². The van der Waals surface area contributed by atoms with Crippen LogP contribution in [0.4, 0.5) is 5.82 Å². The van der Waals surface area contributed by atoms with Crippen molar-refractivity contribution in [3.8, 4) is 22.8 Å². The van der Waals surface area contributed by atoms with E-state index in [1.807, 2.05) is 59.5 Å². The molecule has 4 heterocycles. The van der Waals surface area contributed by atoms with Gasteiger partial charge in [0.25, 0.3) is 5.91 Å². The predicted molar refractivity (Wildman–Crippen MR) is 121 cm³/mol. The minimum Gasteiger partial charge on any atom is -0.454 e. The number of rotatable bonds is 3. The lowest BCUT2D eigenvalue weighted by atomic mass is 10.1. The topological polar surface area (TPSA) is 86.5 Å². The fourth-order valence-corrected chi connectivity index (χ4v) is 4.39. The van der Waals surface area contributed by atoms with Gasteiger partial charge in [-0.15, -0.1) is 0 Å². The molecule has 2 aromatic carbocycles. The van der Waals surface area contributed by atoms with Gasteiger partial charge in [0.15, 0.2) is 17.3 Å². The van der Waals surface area contributed by atoms with Gasteiger partial charge in [-0.3, -0.25) is 9.89 Å². The highest BCUT2D eigenvalue weighted by Gasteiger charge is 2.23. The van der Waals surface area contributed by atoms with E-state index in [4.69, 9.17) is 9.47 Å². The van der Waals surface area contributed by atoms with Crippen molar-refractivity contribution >= 4 is 22.6 Å². The molecule has 2 aromatic heterocycles. The van der Waals surface area contributed by atoms with Gasteiger partial charge in [0, 0.05) is 48.7 Å². The highest BCUT2D eigenvalue weighted by molar-refractivity contribution is 5.98. The molecule has 8 heteroatoms. The van der Waals surface area contributed by atoms with E-state index >= 15 is 0 Å². The third kappa shape index (κ3) is 3.33. The van der Waals surface area contributed by atoms with E-state index in [-0.39, 0.29) is 12.7 Å². The summed E-state index contributed by atoms with van der Waals surface area (Å²) >= 11 is 0. The SMILES string of the molecule is O=C(c1cc2ccccc2[nH]1)N1CCCN(c2cc(-c3ccc4c(c3)OCO4)[nH]n2)CC1. The van der Waals surface area contributed by atoms with Crippen LogP contribution in [0.3, 0.4) is 0 Å². The molecule has 2 N–H and O–H groups in total. The molecule has 0 radical (unpaired) electrons. The summed E-state index contributed by atoms with van der Waals surface area (Å²) in [5.41, 5.74) is 3.55. The van der Waals surface area contributed by atoms with E-state index in [1.165, 1.54) is 0 Å². The number of H-pyrrole nitrogens is 2. The Bertz CT molecular complexity index is 1260. The van der Waals surface area contributed by atoms with Crippen molar-refractivity contribution in [3.05, 3.63) is 60.3 Å². The normalized spacial score (nSPS) is 15.9. The Hall–Kier alpha value is -3.94. The van der Waals surface area contributed by atoms with Crippen molar-refractivity contribution in [2.75, 3.05) is 37.9 Å². The van der Waals surface area contributed by atoms with Crippen molar-refractivity contribution in [2.45, 2.75) is 6.42 Å². The molecule has 1 amide bonds. The first kappa shape index (κ1) is 18.8. The second-order valence-corrected chi connectivity index (χ2v) is 8.11. The summed E-state index contributed by atoms with van der Waals surface area (Å²) in [4.78, 5) is 20.5. The summed E-state index contributed by atoms with van der Waals surface area (Å²) in [6.45, 7) is 3.22. The first-order valence-electron chi connectivity index (χ1n) is 10.8. The molecule has 0 spiro atoms. The highest BCUT2D eigenvalue weighted by Crippen LogP contribution is 2.36. The Balaban J connectivity index is 1.16. The second-order valence-electron chi connectivity index (χ2n) is 8.11. The van der Waals surface area contributed by atoms with Gasteiger partial charge in [0.2, 0.25) is 6.79 Å². The Kier molecular flexibility index (Phi) is 4.49. The van der Waals surface area contributed by atoms with Crippen molar-refractivity contribution < 1.29 is 14.3 Å². The van der Waals surface area contributed by atoms with E-state index in [1.54, 1.807) is 0 Å². The number of hydrogen-bond acceptors (Lipinski definition) is 5. The Morgan fingerprint density at radius 2 is 1.84 bits per heavy atom.